The quantitative estimate of drug-likeness (QED) is 0.263. The summed E-state index contributed by atoms with van der Waals surface area (Å²) < 4.78 is 5.08. The fraction of sp³-hybridized carbons (Fsp3) is 0.650. The molecule has 1 fully saturated rings. The van der Waals surface area contributed by atoms with Crippen LogP contribution in [0.4, 0.5) is 0 Å². The smallest absolute Gasteiger partial charge is 0.191 e. The molecular weight excluding hydrogens is 439 g/mol. The molecule has 2 N–H and O–H groups in total. The van der Waals surface area contributed by atoms with E-state index >= 15 is 0 Å². The van der Waals surface area contributed by atoms with Crippen molar-refractivity contribution in [3.05, 3.63) is 35.4 Å². The molecule has 2 rings (SSSR count). The molecule has 26 heavy (non-hydrogen) atoms. The highest BCUT2D eigenvalue weighted by atomic mass is 127. The van der Waals surface area contributed by atoms with Gasteiger partial charge < -0.3 is 15.4 Å². The molecule has 0 spiro atoms. The van der Waals surface area contributed by atoms with E-state index in [0.717, 1.165) is 32.1 Å². The second-order valence-corrected chi connectivity index (χ2v) is 6.84. The number of hydrogen-bond acceptors (Lipinski definition) is 3. The van der Waals surface area contributed by atoms with Crippen molar-refractivity contribution in [3.8, 4) is 0 Å². The van der Waals surface area contributed by atoms with Crippen LogP contribution >= 0.6 is 24.0 Å². The lowest BCUT2D eigenvalue weighted by Gasteiger charge is -2.31. The van der Waals surface area contributed by atoms with Gasteiger partial charge in [-0.2, -0.15) is 0 Å². The van der Waals surface area contributed by atoms with E-state index in [1.807, 2.05) is 0 Å². The van der Waals surface area contributed by atoms with Crippen LogP contribution in [0.5, 0.6) is 0 Å². The van der Waals surface area contributed by atoms with Crippen LogP contribution in [0.15, 0.2) is 29.3 Å². The van der Waals surface area contributed by atoms with Crippen LogP contribution in [-0.2, 0) is 11.3 Å². The maximum absolute atomic E-state index is 5.08. The van der Waals surface area contributed by atoms with Gasteiger partial charge in [0.2, 0.25) is 0 Å². The fourth-order valence-electron chi connectivity index (χ4n) is 3.11. The highest BCUT2D eigenvalue weighted by Crippen LogP contribution is 2.19. The summed E-state index contributed by atoms with van der Waals surface area (Å²) in [6.45, 7) is 10.9. The molecule has 0 bridgehead atoms. The summed E-state index contributed by atoms with van der Waals surface area (Å²) in [6.07, 6.45) is 2.46. The third-order valence-corrected chi connectivity index (χ3v) is 4.68. The summed E-state index contributed by atoms with van der Waals surface area (Å²) in [5, 5.41) is 6.61. The maximum atomic E-state index is 5.08. The molecule has 0 aliphatic carbocycles. The zero-order valence-electron chi connectivity index (χ0n) is 16.5. The van der Waals surface area contributed by atoms with Gasteiger partial charge in [0.15, 0.2) is 5.96 Å². The van der Waals surface area contributed by atoms with Gasteiger partial charge in [-0.25, -0.2) is 0 Å². The molecule has 0 aromatic heterocycles. The molecule has 0 saturated carbocycles. The summed E-state index contributed by atoms with van der Waals surface area (Å²) in [4.78, 5) is 7.31. The van der Waals surface area contributed by atoms with Crippen LogP contribution in [0.2, 0.25) is 0 Å². The first-order chi connectivity index (χ1) is 12.2. The first kappa shape index (κ1) is 23.2. The summed E-state index contributed by atoms with van der Waals surface area (Å²) in [6, 6.07) is 8.91. The molecule has 1 aromatic carbocycles. The predicted molar refractivity (Wildman–Crippen MR) is 120 cm³/mol. The Kier molecular flexibility index (Phi) is 11.9. The number of rotatable bonds is 8. The third kappa shape index (κ3) is 8.68. The zero-order chi connectivity index (χ0) is 17.9. The van der Waals surface area contributed by atoms with Gasteiger partial charge in [-0.1, -0.05) is 29.8 Å². The Labute approximate surface area is 176 Å². The lowest BCUT2D eigenvalue weighted by Crippen LogP contribution is -2.40. The van der Waals surface area contributed by atoms with Gasteiger partial charge in [0.1, 0.15) is 0 Å². The second-order valence-electron chi connectivity index (χ2n) is 6.84. The molecular formula is C20H35IN4O. The van der Waals surface area contributed by atoms with Crippen LogP contribution in [0.3, 0.4) is 0 Å². The van der Waals surface area contributed by atoms with E-state index in [1.54, 1.807) is 7.11 Å². The van der Waals surface area contributed by atoms with E-state index in [4.69, 9.17) is 9.73 Å². The molecule has 1 aliphatic heterocycles. The molecule has 1 heterocycles. The lowest BCUT2D eigenvalue weighted by atomic mass is 9.96. The Balaban J connectivity index is 0.00000338. The predicted octanol–water partition coefficient (Wildman–Crippen LogP) is 3.03. The topological polar surface area (TPSA) is 48.9 Å². The number of aryl methyl sites for hydroxylation is 1. The SMILES string of the molecule is CCNC(=NCC1CCN(Cc2ccc(C)cc2)CC1)NCCOC.I. The fourth-order valence-corrected chi connectivity index (χ4v) is 3.11. The number of aliphatic imine (C=N–C) groups is 1. The number of nitrogens with one attached hydrogen (secondary N) is 2. The highest BCUT2D eigenvalue weighted by molar-refractivity contribution is 14.0. The Morgan fingerprint density at radius 3 is 2.50 bits per heavy atom. The monoisotopic (exact) mass is 474 g/mol. The number of piperidine rings is 1. The van der Waals surface area contributed by atoms with Crippen molar-refractivity contribution >= 4 is 29.9 Å². The molecule has 1 aliphatic rings. The normalized spacial score (nSPS) is 16.2. The van der Waals surface area contributed by atoms with Crippen molar-refractivity contribution in [3.63, 3.8) is 0 Å². The molecule has 1 aromatic rings. The van der Waals surface area contributed by atoms with Crippen LogP contribution in [0, 0.1) is 12.8 Å². The number of benzene rings is 1. The average molecular weight is 474 g/mol. The van der Waals surface area contributed by atoms with Gasteiger partial charge in [0.05, 0.1) is 6.61 Å². The first-order valence-corrected chi connectivity index (χ1v) is 9.50. The van der Waals surface area contributed by atoms with Crippen molar-refractivity contribution in [2.24, 2.45) is 10.9 Å². The van der Waals surface area contributed by atoms with Crippen LogP contribution < -0.4 is 10.6 Å². The van der Waals surface area contributed by atoms with E-state index in [1.165, 1.54) is 37.1 Å². The van der Waals surface area contributed by atoms with Gasteiger partial charge in [-0.3, -0.25) is 9.89 Å². The molecule has 0 unspecified atom stereocenters. The molecule has 0 radical (unpaired) electrons. The minimum absolute atomic E-state index is 0. The number of likely N-dealkylation sites (tertiary alicyclic amines) is 1. The molecule has 6 heteroatoms. The number of nitrogens with zero attached hydrogens (tertiary/aromatic N) is 2. The summed E-state index contributed by atoms with van der Waals surface area (Å²) in [7, 11) is 1.72. The van der Waals surface area contributed by atoms with Crippen molar-refractivity contribution < 1.29 is 4.74 Å². The number of guanidine groups is 1. The summed E-state index contributed by atoms with van der Waals surface area (Å²) in [5.41, 5.74) is 2.75. The van der Waals surface area contributed by atoms with Gasteiger partial charge >= 0.3 is 0 Å². The maximum Gasteiger partial charge on any atom is 0.191 e. The minimum atomic E-state index is 0. The largest absolute Gasteiger partial charge is 0.383 e. The van der Waals surface area contributed by atoms with Crippen molar-refractivity contribution in [2.75, 3.05) is 46.4 Å². The molecule has 148 valence electrons. The molecule has 0 atom stereocenters. The lowest BCUT2D eigenvalue weighted by molar-refractivity contribution is 0.180. The van der Waals surface area contributed by atoms with Gasteiger partial charge in [-0.15, -0.1) is 24.0 Å². The Bertz CT molecular complexity index is 513. The number of ether oxygens (including phenoxy) is 1. The third-order valence-electron chi connectivity index (χ3n) is 4.68. The number of hydrogen-bond donors (Lipinski definition) is 2. The van der Waals surface area contributed by atoms with Crippen LogP contribution in [0.1, 0.15) is 30.9 Å². The van der Waals surface area contributed by atoms with E-state index in [-0.39, 0.29) is 24.0 Å². The standard InChI is InChI=1S/C20H34N4O.HI/c1-4-21-20(22-11-14-25-3)23-15-18-9-12-24(13-10-18)16-19-7-5-17(2)6-8-19;/h5-8,18H,4,9-16H2,1-3H3,(H2,21,22,23);1H. The van der Waals surface area contributed by atoms with Crippen molar-refractivity contribution in [1.82, 2.24) is 15.5 Å². The molecule has 5 nitrogen and oxygen atoms in total. The van der Waals surface area contributed by atoms with Crippen molar-refractivity contribution in [1.29, 1.82) is 0 Å². The van der Waals surface area contributed by atoms with Crippen LogP contribution in [-0.4, -0.2) is 57.3 Å². The zero-order valence-corrected chi connectivity index (χ0v) is 18.8. The summed E-state index contributed by atoms with van der Waals surface area (Å²) in [5.74, 6) is 1.59. The van der Waals surface area contributed by atoms with E-state index in [2.05, 4.69) is 53.6 Å². The van der Waals surface area contributed by atoms with E-state index < -0.39 is 0 Å². The number of halogens is 1. The van der Waals surface area contributed by atoms with E-state index in [0.29, 0.717) is 12.5 Å². The average Bonchev–Trinajstić information content (AvgIpc) is 2.63. The highest BCUT2D eigenvalue weighted by Gasteiger charge is 2.19. The first-order valence-electron chi connectivity index (χ1n) is 9.50. The Hall–Kier alpha value is -0.860. The van der Waals surface area contributed by atoms with Crippen LogP contribution in [0.25, 0.3) is 0 Å². The minimum Gasteiger partial charge on any atom is -0.383 e. The van der Waals surface area contributed by atoms with Gasteiger partial charge in [0.25, 0.3) is 0 Å². The molecule has 1 saturated heterocycles. The second kappa shape index (κ2) is 13.3. The number of methoxy groups -OCH3 is 1. The molecule has 0 amide bonds. The van der Waals surface area contributed by atoms with Gasteiger partial charge in [0, 0.05) is 33.3 Å². The van der Waals surface area contributed by atoms with E-state index in [9.17, 15) is 0 Å². The Morgan fingerprint density at radius 2 is 1.88 bits per heavy atom. The Morgan fingerprint density at radius 1 is 1.19 bits per heavy atom. The van der Waals surface area contributed by atoms with Crippen molar-refractivity contribution in [2.45, 2.75) is 33.2 Å². The van der Waals surface area contributed by atoms with Gasteiger partial charge in [-0.05, 0) is 51.3 Å². The summed E-state index contributed by atoms with van der Waals surface area (Å²) >= 11 is 0.